The van der Waals surface area contributed by atoms with Crippen molar-refractivity contribution in [3.8, 4) is 0 Å². The summed E-state index contributed by atoms with van der Waals surface area (Å²) in [5.41, 5.74) is 0. The minimum atomic E-state index is -3.60. The fourth-order valence-corrected chi connectivity index (χ4v) is 2.98. The van der Waals surface area contributed by atoms with Crippen molar-refractivity contribution in [3.05, 3.63) is 23.5 Å². The summed E-state index contributed by atoms with van der Waals surface area (Å²) in [7, 11) is -2.07. The molecule has 0 aliphatic heterocycles. The van der Waals surface area contributed by atoms with Crippen LogP contribution in [0, 0.1) is 5.92 Å². The number of hydrogen-bond donors (Lipinski definition) is 1. The van der Waals surface area contributed by atoms with E-state index in [1.54, 1.807) is 0 Å². The lowest BCUT2D eigenvalue weighted by Gasteiger charge is -2.21. The number of nitrogens with one attached hydrogen (secondary N) is 1. The summed E-state index contributed by atoms with van der Waals surface area (Å²) in [6.07, 6.45) is 1.36. The molecule has 18 heavy (non-hydrogen) atoms. The van der Waals surface area contributed by atoms with Gasteiger partial charge in [0, 0.05) is 19.3 Å². The highest BCUT2D eigenvalue weighted by Crippen LogP contribution is 2.14. The molecule has 1 rings (SSSR count). The van der Waals surface area contributed by atoms with Gasteiger partial charge in [0.2, 0.25) is 10.0 Å². The molecule has 1 N–H and O–H groups in total. The molecule has 5 nitrogen and oxygen atoms in total. The van der Waals surface area contributed by atoms with Crippen LogP contribution in [0.3, 0.4) is 0 Å². The van der Waals surface area contributed by atoms with Crippen LogP contribution in [0.5, 0.6) is 0 Å². The molecule has 1 atom stereocenters. The molecule has 1 heterocycles. The second-order valence-electron chi connectivity index (χ2n) is 4.24. The Morgan fingerprint density at radius 3 is 2.67 bits per heavy atom. The van der Waals surface area contributed by atoms with Gasteiger partial charge in [0.1, 0.15) is 5.15 Å². The number of pyridine rings is 1. The number of hydrogen-bond acceptors (Lipinski definition) is 4. The highest BCUT2D eigenvalue weighted by molar-refractivity contribution is 7.89. The van der Waals surface area contributed by atoms with Crippen LogP contribution in [0.2, 0.25) is 5.15 Å². The molecule has 0 amide bonds. The second-order valence-corrected chi connectivity index (χ2v) is 6.34. The van der Waals surface area contributed by atoms with Crippen molar-refractivity contribution in [1.29, 1.82) is 0 Å². The molecule has 102 valence electrons. The Labute approximate surface area is 113 Å². The normalized spacial score (nSPS) is 13.8. The number of rotatable bonds is 6. The predicted molar refractivity (Wildman–Crippen MR) is 70.1 cm³/mol. The molecule has 0 saturated carbocycles. The lowest BCUT2D eigenvalue weighted by molar-refractivity contribution is 0.157. The van der Waals surface area contributed by atoms with E-state index in [-0.39, 0.29) is 22.0 Å². The van der Waals surface area contributed by atoms with Gasteiger partial charge in [0.25, 0.3) is 0 Å². The van der Waals surface area contributed by atoms with E-state index in [1.807, 2.05) is 13.8 Å². The third kappa shape index (κ3) is 4.20. The predicted octanol–water partition coefficient (Wildman–Crippen LogP) is 1.68. The molecular formula is C11H17ClN2O3S. The number of methoxy groups -OCH3 is 1. The molecule has 1 unspecified atom stereocenters. The molecule has 0 saturated heterocycles. The standard InChI is InChI=1S/C11H17ClN2O3S/c1-8(2)10(7-17-3)14-18(15,16)9-4-5-13-11(12)6-9/h4-6,8,10,14H,7H2,1-3H3. The fraction of sp³-hybridized carbons (Fsp3) is 0.545. The molecule has 0 fully saturated rings. The van der Waals surface area contributed by atoms with Crippen LogP contribution >= 0.6 is 11.6 Å². The maximum atomic E-state index is 12.1. The molecule has 0 radical (unpaired) electrons. The first-order valence-electron chi connectivity index (χ1n) is 5.49. The van der Waals surface area contributed by atoms with Crippen LogP contribution in [0.4, 0.5) is 0 Å². The van der Waals surface area contributed by atoms with E-state index in [2.05, 4.69) is 9.71 Å². The molecule has 7 heteroatoms. The van der Waals surface area contributed by atoms with Gasteiger partial charge in [-0.15, -0.1) is 0 Å². The lowest BCUT2D eigenvalue weighted by Crippen LogP contribution is -2.41. The molecule has 0 spiro atoms. The smallest absolute Gasteiger partial charge is 0.241 e. The summed E-state index contributed by atoms with van der Waals surface area (Å²) in [6, 6.07) is 2.43. The van der Waals surface area contributed by atoms with E-state index >= 15 is 0 Å². The number of sulfonamides is 1. The molecule has 0 aromatic carbocycles. The van der Waals surface area contributed by atoms with Crippen molar-refractivity contribution >= 4 is 21.6 Å². The van der Waals surface area contributed by atoms with Crippen LogP contribution in [0.25, 0.3) is 0 Å². The highest BCUT2D eigenvalue weighted by Gasteiger charge is 2.22. The molecule has 0 bridgehead atoms. The Morgan fingerprint density at radius 1 is 1.50 bits per heavy atom. The maximum absolute atomic E-state index is 12.1. The zero-order valence-electron chi connectivity index (χ0n) is 10.6. The van der Waals surface area contributed by atoms with Gasteiger partial charge in [-0.1, -0.05) is 25.4 Å². The minimum Gasteiger partial charge on any atom is -0.383 e. The largest absolute Gasteiger partial charge is 0.383 e. The summed E-state index contributed by atoms with van der Waals surface area (Å²) < 4.78 is 31.8. The van der Waals surface area contributed by atoms with Crippen molar-refractivity contribution in [2.45, 2.75) is 24.8 Å². The highest BCUT2D eigenvalue weighted by atomic mass is 35.5. The zero-order chi connectivity index (χ0) is 13.8. The van der Waals surface area contributed by atoms with Crippen LogP contribution in [-0.2, 0) is 14.8 Å². The zero-order valence-corrected chi connectivity index (χ0v) is 12.1. The fourth-order valence-electron chi connectivity index (χ4n) is 1.36. The van der Waals surface area contributed by atoms with Crippen LogP contribution in [0.1, 0.15) is 13.8 Å². The van der Waals surface area contributed by atoms with Gasteiger partial charge in [-0.25, -0.2) is 18.1 Å². The van der Waals surface area contributed by atoms with Crippen LogP contribution in [-0.4, -0.2) is 33.2 Å². The first-order chi connectivity index (χ1) is 8.36. The van der Waals surface area contributed by atoms with Crippen molar-refractivity contribution in [2.24, 2.45) is 5.92 Å². The Bertz CT molecular complexity index is 491. The summed E-state index contributed by atoms with van der Waals surface area (Å²) >= 11 is 5.68. The third-order valence-corrected chi connectivity index (χ3v) is 4.16. The summed E-state index contributed by atoms with van der Waals surface area (Å²) in [6.45, 7) is 4.16. The summed E-state index contributed by atoms with van der Waals surface area (Å²) in [5, 5.41) is 0.144. The van der Waals surface area contributed by atoms with Crippen molar-refractivity contribution in [1.82, 2.24) is 9.71 Å². The molecule has 0 aliphatic carbocycles. The van der Waals surface area contributed by atoms with Gasteiger partial charge in [-0.2, -0.15) is 0 Å². The number of halogens is 1. The van der Waals surface area contributed by atoms with Gasteiger partial charge < -0.3 is 4.74 Å². The molecule has 1 aromatic heterocycles. The minimum absolute atomic E-state index is 0.101. The van der Waals surface area contributed by atoms with E-state index in [4.69, 9.17) is 16.3 Å². The number of aromatic nitrogens is 1. The summed E-state index contributed by atoms with van der Waals surface area (Å²) in [4.78, 5) is 3.85. The second kappa shape index (κ2) is 6.47. The number of ether oxygens (including phenoxy) is 1. The average molecular weight is 293 g/mol. The van der Waals surface area contributed by atoms with Crippen molar-refractivity contribution < 1.29 is 13.2 Å². The maximum Gasteiger partial charge on any atom is 0.241 e. The van der Waals surface area contributed by atoms with Crippen LogP contribution < -0.4 is 4.72 Å². The van der Waals surface area contributed by atoms with Gasteiger partial charge in [-0.3, -0.25) is 0 Å². The molecule has 0 aliphatic rings. The van der Waals surface area contributed by atoms with E-state index < -0.39 is 10.0 Å². The topological polar surface area (TPSA) is 68.3 Å². The quantitative estimate of drug-likeness (QED) is 0.810. The van der Waals surface area contributed by atoms with Crippen molar-refractivity contribution in [2.75, 3.05) is 13.7 Å². The van der Waals surface area contributed by atoms with E-state index in [9.17, 15) is 8.42 Å². The van der Waals surface area contributed by atoms with Gasteiger partial charge >= 0.3 is 0 Å². The summed E-state index contributed by atoms with van der Waals surface area (Å²) in [5.74, 6) is 0.122. The molecule has 1 aromatic rings. The average Bonchev–Trinajstić information content (AvgIpc) is 2.28. The van der Waals surface area contributed by atoms with E-state index in [1.165, 1.54) is 25.4 Å². The van der Waals surface area contributed by atoms with Crippen LogP contribution in [0.15, 0.2) is 23.2 Å². The Kier molecular flexibility index (Phi) is 5.52. The first kappa shape index (κ1) is 15.4. The SMILES string of the molecule is COCC(NS(=O)(=O)c1ccnc(Cl)c1)C(C)C. The third-order valence-electron chi connectivity index (χ3n) is 2.47. The van der Waals surface area contributed by atoms with E-state index in [0.717, 1.165) is 0 Å². The first-order valence-corrected chi connectivity index (χ1v) is 7.35. The van der Waals surface area contributed by atoms with Crippen molar-refractivity contribution in [3.63, 3.8) is 0 Å². The van der Waals surface area contributed by atoms with Gasteiger partial charge in [-0.05, 0) is 18.1 Å². The molecular weight excluding hydrogens is 276 g/mol. The Balaban J connectivity index is 2.93. The monoisotopic (exact) mass is 292 g/mol. The lowest BCUT2D eigenvalue weighted by atomic mass is 10.1. The van der Waals surface area contributed by atoms with Gasteiger partial charge in [0.05, 0.1) is 11.5 Å². The van der Waals surface area contributed by atoms with Gasteiger partial charge in [0.15, 0.2) is 0 Å². The Hall–Kier alpha value is -0.690. The number of nitrogens with zero attached hydrogens (tertiary/aromatic N) is 1. The Morgan fingerprint density at radius 2 is 2.17 bits per heavy atom. The van der Waals surface area contributed by atoms with E-state index in [0.29, 0.717) is 6.61 Å².